The van der Waals surface area contributed by atoms with Gasteiger partial charge in [-0.15, -0.1) is 10.2 Å². The van der Waals surface area contributed by atoms with Gasteiger partial charge >= 0.3 is 5.69 Å². The Kier molecular flexibility index (Phi) is 8.46. The first-order chi connectivity index (χ1) is 17.7. The molecule has 0 aliphatic carbocycles. The molecule has 0 atom stereocenters. The Labute approximate surface area is 227 Å². The molecule has 0 aliphatic heterocycles. The van der Waals surface area contributed by atoms with Gasteiger partial charge in [0.1, 0.15) is 4.90 Å². The highest BCUT2D eigenvalue weighted by atomic mass is 127. The number of nitrogens with one attached hydrogen (secondary N) is 1. The average Bonchev–Trinajstić information content (AvgIpc) is 2.83. The van der Waals surface area contributed by atoms with Crippen LogP contribution in [0.1, 0.15) is 5.56 Å². The molecule has 0 spiro atoms. The second-order valence-corrected chi connectivity index (χ2v) is 11.1. The van der Waals surface area contributed by atoms with Crippen LogP contribution in [0.3, 0.4) is 0 Å². The van der Waals surface area contributed by atoms with Gasteiger partial charge in [0, 0.05) is 15.2 Å². The van der Waals surface area contributed by atoms with E-state index in [1.165, 1.54) is 0 Å². The van der Waals surface area contributed by atoms with Crippen LogP contribution in [0.15, 0.2) is 85.8 Å². The van der Waals surface area contributed by atoms with Crippen molar-refractivity contribution in [2.24, 2.45) is 15.3 Å². The standard InChI is InChI=1S/C19H13IN6O10S2/c20-11-1-3-12(4-2-11)21-23-19(15-7-6-14(37(31,32)33)10-18(15)38(34,35)36)24-22-16-8-5-13(25(27)28)9-17(16)26(29)30/h1-10,21H,(H,31,32,33)(H,34,35,36)/b23-19+,24-22+. The van der Waals surface area contributed by atoms with Crippen molar-refractivity contribution in [1.82, 2.24) is 0 Å². The van der Waals surface area contributed by atoms with Crippen molar-refractivity contribution in [3.05, 3.63) is 90.0 Å². The zero-order valence-electron chi connectivity index (χ0n) is 18.4. The van der Waals surface area contributed by atoms with Crippen molar-refractivity contribution in [2.75, 3.05) is 5.43 Å². The molecule has 0 amide bonds. The van der Waals surface area contributed by atoms with Crippen LogP contribution in [-0.4, -0.2) is 41.6 Å². The van der Waals surface area contributed by atoms with Gasteiger partial charge in [0.2, 0.25) is 5.84 Å². The lowest BCUT2D eigenvalue weighted by atomic mass is 10.2. The number of rotatable bonds is 8. The Morgan fingerprint density at radius 2 is 1.53 bits per heavy atom. The van der Waals surface area contributed by atoms with Crippen LogP contribution < -0.4 is 5.43 Å². The first-order valence-corrected chi connectivity index (χ1v) is 13.7. The number of anilines is 1. The molecule has 198 valence electrons. The lowest BCUT2D eigenvalue weighted by molar-refractivity contribution is -0.393. The Hall–Kier alpha value is -3.92. The molecular formula is C19H13IN6O10S2. The summed E-state index contributed by atoms with van der Waals surface area (Å²) in [6.45, 7) is 0. The van der Waals surface area contributed by atoms with E-state index in [4.69, 9.17) is 0 Å². The van der Waals surface area contributed by atoms with Crippen LogP contribution >= 0.6 is 22.6 Å². The molecule has 19 heteroatoms. The van der Waals surface area contributed by atoms with Crippen LogP contribution in [0.5, 0.6) is 0 Å². The van der Waals surface area contributed by atoms with E-state index >= 15 is 0 Å². The zero-order chi connectivity index (χ0) is 28.3. The van der Waals surface area contributed by atoms with Gasteiger partial charge in [0.05, 0.1) is 26.5 Å². The molecule has 0 unspecified atom stereocenters. The number of hydrogen-bond acceptors (Lipinski definition) is 11. The number of amidine groups is 1. The normalized spacial score (nSPS) is 12.4. The number of nitro benzene ring substituents is 2. The summed E-state index contributed by atoms with van der Waals surface area (Å²) in [5.74, 6) is -0.606. The van der Waals surface area contributed by atoms with Gasteiger partial charge in [-0.1, -0.05) is 0 Å². The molecule has 16 nitrogen and oxygen atoms in total. The molecule has 0 saturated heterocycles. The fraction of sp³-hybridized carbons (Fsp3) is 0. The monoisotopic (exact) mass is 676 g/mol. The van der Waals surface area contributed by atoms with E-state index in [-0.39, 0.29) is 0 Å². The van der Waals surface area contributed by atoms with Gasteiger partial charge < -0.3 is 0 Å². The maximum atomic E-state index is 12.0. The molecule has 0 heterocycles. The molecular weight excluding hydrogens is 663 g/mol. The Balaban J connectivity index is 2.21. The number of nitrogens with zero attached hydrogens (tertiary/aromatic N) is 5. The lowest BCUT2D eigenvalue weighted by Gasteiger charge is -2.09. The summed E-state index contributed by atoms with van der Waals surface area (Å²) in [5, 5.41) is 33.7. The minimum Gasteiger partial charge on any atom is -0.282 e. The van der Waals surface area contributed by atoms with E-state index < -0.39 is 68.3 Å². The molecule has 0 aromatic heterocycles. The second kappa shape index (κ2) is 11.2. The van der Waals surface area contributed by atoms with Gasteiger partial charge in [0.25, 0.3) is 25.9 Å². The third kappa shape index (κ3) is 7.10. The summed E-state index contributed by atoms with van der Waals surface area (Å²) in [7, 11) is -10.0. The topological polar surface area (TPSA) is 244 Å². The highest BCUT2D eigenvalue weighted by molar-refractivity contribution is 14.1. The Morgan fingerprint density at radius 3 is 2.08 bits per heavy atom. The van der Waals surface area contributed by atoms with Crippen LogP contribution in [0, 0.1) is 23.8 Å². The third-order valence-corrected chi connectivity index (χ3v) is 6.99. The van der Waals surface area contributed by atoms with Gasteiger partial charge in [-0.05, 0) is 71.1 Å². The van der Waals surface area contributed by atoms with Crippen molar-refractivity contribution >= 4 is 71.4 Å². The maximum absolute atomic E-state index is 12.0. The Morgan fingerprint density at radius 1 is 0.868 bits per heavy atom. The zero-order valence-corrected chi connectivity index (χ0v) is 22.2. The number of non-ortho nitro benzene ring substituents is 1. The Bertz CT molecular complexity index is 1710. The van der Waals surface area contributed by atoms with Crippen molar-refractivity contribution in [3.8, 4) is 0 Å². The quantitative estimate of drug-likeness (QED) is 0.0581. The average molecular weight is 676 g/mol. The molecule has 0 fully saturated rings. The van der Waals surface area contributed by atoms with Gasteiger partial charge in [0.15, 0.2) is 5.69 Å². The number of benzene rings is 3. The second-order valence-electron chi connectivity index (χ2n) is 7.05. The number of azo groups is 1. The largest absolute Gasteiger partial charge is 0.303 e. The summed E-state index contributed by atoms with van der Waals surface area (Å²) in [5.41, 5.74) is 0.558. The fourth-order valence-corrected chi connectivity index (χ4v) is 4.45. The van der Waals surface area contributed by atoms with Gasteiger partial charge in [-0.25, -0.2) is 0 Å². The van der Waals surface area contributed by atoms with Crippen LogP contribution in [0.2, 0.25) is 0 Å². The molecule has 0 aliphatic rings. The van der Waals surface area contributed by atoms with Crippen molar-refractivity contribution < 1.29 is 35.8 Å². The van der Waals surface area contributed by atoms with E-state index in [0.717, 1.165) is 27.8 Å². The molecule has 3 aromatic rings. The van der Waals surface area contributed by atoms with E-state index in [1.807, 2.05) is 22.6 Å². The van der Waals surface area contributed by atoms with E-state index in [2.05, 4.69) is 20.8 Å². The summed E-state index contributed by atoms with van der Waals surface area (Å²) >= 11 is 2.05. The first-order valence-electron chi connectivity index (χ1n) is 9.70. The SMILES string of the molecule is O=[N+]([O-])c1ccc(/N=N/C(=N/Nc2ccc(I)cc2)c2ccc(S(=O)(=O)O)cc2S(=O)(=O)O)c([N+](=O)[O-])c1. The van der Waals surface area contributed by atoms with Crippen molar-refractivity contribution in [3.63, 3.8) is 0 Å². The number of hydrazone groups is 1. The number of hydrogen-bond donors (Lipinski definition) is 3. The van der Waals surface area contributed by atoms with Gasteiger partial charge in [-0.3, -0.25) is 34.8 Å². The molecule has 0 radical (unpaired) electrons. The highest BCUT2D eigenvalue weighted by Gasteiger charge is 2.24. The van der Waals surface area contributed by atoms with Crippen molar-refractivity contribution in [1.29, 1.82) is 0 Å². The molecule has 3 rings (SSSR count). The van der Waals surface area contributed by atoms with Gasteiger partial charge in [-0.2, -0.15) is 21.9 Å². The van der Waals surface area contributed by atoms with E-state index in [0.29, 0.717) is 17.8 Å². The summed E-state index contributed by atoms with van der Waals surface area (Å²) in [6.07, 6.45) is 0. The molecule has 3 N–H and O–H groups in total. The molecule has 0 bridgehead atoms. The molecule has 38 heavy (non-hydrogen) atoms. The summed E-state index contributed by atoms with van der Waals surface area (Å²) in [6, 6.07) is 11.2. The summed E-state index contributed by atoms with van der Waals surface area (Å²) in [4.78, 5) is 18.7. The highest BCUT2D eigenvalue weighted by Crippen LogP contribution is 2.32. The molecule has 3 aromatic carbocycles. The molecule has 0 saturated carbocycles. The summed E-state index contributed by atoms with van der Waals surface area (Å²) < 4.78 is 66.9. The fourth-order valence-electron chi connectivity index (χ4n) is 2.80. The van der Waals surface area contributed by atoms with Crippen molar-refractivity contribution in [2.45, 2.75) is 9.79 Å². The lowest BCUT2D eigenvalue weighted by Crippen LogP contribution is -2.11. The maximum Gasteiger partial charge on any atom is 0.303 e. The predicted octanol–water partition coefficient (Wildman–Crippen LogP) is 4.16. The number of nitro groups is 2. The third-order valence-electron chi connectivity index (χ3n) is 4.52. The van der Waals surface area contributed by atoms with Crippen LogP contribution in [0.25, 0.3) is 0 Å². The van der Waals surface area contributed by atoms with Crippen LogP contribution in [0.4, 0.5) is 22.7 Å². The van der Waals surface area contributed by atoms with E-state index in [9.17, 15) is 46.2 Å². The minimum absolute atomic E-state index is 0.377. The predicted molar refractivity (Wildman–Crippen MR) is 140 cm³/mol. The van der Waals surface area contributed by atoms with E-state index in [1.54, 1.807) is 24.3 Å². The minimum atomic E-state index is -5.14. The van der Waals surface area contributed by atoms with Crippen LogP contribution in [-0.2, 0) is 20.2 Å². The first kappa shape index (κ1) is 28.6. The smallest absolute Gasteiger partial charge is 0.282 e. The number of halogens is 1.